The Kier molecular flexibility index (Phi) is 4.82. The third kappa shape index (κ3) is 3.48. The van der Waals surface area contributed by atoms with Crippen LogP contribution in [-0.4, -0.2) is 17.6 Å². The van der Waals surface area contributed by atoms with Crippen LogP contribution in [-0.2, 0) is 4.79 Å². The highest BCUT2D eigenvalue weighted by molar-refractivity contribution is 9.10. The molecule has 0 radical (unpaired) electrons. The highest BCUT2D eigenvalue weighted by Crippen LogP contribution is 2.32. The lowest BCUT2D eigenvalue weighted by atomic mass is 9.78. The van der Waals surface area contributed by atoms with Crippen molar-refractivity contribution in [1.29, 1.82) is 0 Å². The molecule has 2 atom stereocenters. The molecule has 104 valence electrons. The van der Waals surface area contributed by atoms with E-state index in [1.165, 1.54) is 0 Å². The van der Waals surface area contributed by atoms with E-state index in [4.69, 9.17) is 5.73 Å². The van der Waals surface area contributed by atoms with Crippen molar-refractivity contribution in [2.45, 2.75) is 25.7 Å². The topological polar surface area (TPSA) is 75.4 Å². The Bertz CT molecular complexity index is 465. The van der Waals surface area contributed by atoms with Gasteiger partial charge in [0.25, 0.3) is 0 Å². The molecular formula is C14H19BrN2O2. The van der Waals surface area contributed by atoms with E-state index in [0.717, 1.165) is 30.2 Å². The van der Waals surface area contributed by atoms with Crippen LogP contribution < -0.4 is 11.1 Å². The van der Waals surface area contributed by atoms with Gasteiger partial charge in [0.2, 0.25) is 5.91 Å². The number of carbonyl (C=O) groups is 1. The van der Waals surface area contributed by atoms with E-state index in [9.17, 15) is 9.90 Å². The molecule has 0 saturated heterocycles. The zero-order valence-corrected chi connectivity index (χ0v) is 12.3. The average Bonchev–Trinajstić information content (AvgIpc) is 2.42. The van der Waals surface area contributed by atoms with E-state index >= 15 is 0 Å². The molecule has 0 spiro atoms. The van der Waals surface area contributed by atoms with Gasteiger partial charge in [-0.25, -0.2) is 0 Å². The zero-order valence-electron chi connectivity index (χ0n) is 10.7. The summed E-state index contributed by atoms with van der Waals surface area (Å²) in [6.45, 7) is 0.544. The molecule has 4 N–H and O–H groups in total. The van der Waals surface area contributed by atoms with Gasteiger partial charge in [-0.2, -0.15) is 0 Å². The Balaban J connectivity index is 2.09. The summed E-state index contributed by atoms with van der Waals surface area (Å²) in [5.41, 5.74) is 6.19. The van der Waals surface area contributed by atoms with Gasteiger partial charge in [-0.1, -0.05) is 28.8 Å². The standard InChI is InChI=1S/C14H19BrN2O2/c15-10-5-6-13(18)12(7-10)17-14(19)11-4-2-1-3-9(11)8-16/h5-7,9,11,18H,1-4,8,16H2,(H,17,19). The second-order valence-electron chi connectivity index (χ2n) is 5.04. The van der Waals surface area contributed by atoms with Gasteiger partial charge in [-0.3, -0.25) is 4.79 Å². The van der Waals surface area contributed by atoms with E-state index in [0.29, 0.717) is 12.2 Å². The summed E-state index contributed by atoms with van der Waals surface area (Å²) in [4.78, 5) is 12.3. The number of hydrogen-bond acceptors (Lipinski definition) is 3. The maximum Gasteiger partial charge on any atom is 0.227 e. The van der Waals surface area contributed by atoms with Crippen molar-refractivity contribution in [3.63, 3.8) is 0 Å². The monoisotopic (exact) mass is 326 g/mol. The number of benzene rings is 1. The van der Waals surface area contributed by atoms with Gasteiger partial charge in [-0.05, 0) is 43.5 Å². The summed E-state index contributed by atoms with van der Waals surface area (Å²) in [5, 5.41) is 12.6. The van der Waals surface area contributed by atoms with Crippen LogP contribution in [0.25, 0.3) is 0 Å². The van der Waals surface area contributed by atoms with Crippen LogP contribution >= 0.6 is 15.9 Å². The fraction of sp³-hybridized carbons (Fsp3) is 0.500. The van der Waals surface area contributed by atoms with Crippen LogP contribution in [0.4, 0.5) is 5.69 Å². The molecule has 1 aliphatic carbocycles. The number of nitrogens with two attached hydrogens (primary N) is 1. The maximum absolute atomic E-state index is 12.3. The zero-order chi connectivity index (χ0) is 13.8. The number of carbonyl (C=O) groups excluding carboxylic acids is 1. The summed E-state index contributed by atoms with van der Waals surface area (Å²) in [6.07, 6.45) is 4.11. The molecular weight excluding hydrogens is 308 g/mol. The van der Waals surface area contributed by atoms with Crippen LogP contribution in [0.15, 0.2) is 22.7 Å². The van der Waals surface area contributed by atoms with Crippen molar-refractivity contribution in [2.24, 2.45) is 17.6 Å². The number of nitrogens with one attached hydrogen (secondary N) is 1. The molecule has 5 heteroatoms. The van der Waals surface area contributed by atoms with Crippen molar-refractivity contribution in [3.8, 4) is 5.75 Å². The van der Waals surface area contributed by atoms with Crippen LogP contribution in [0.3, 0.4) is 0 Å². The highest BCUT2D eigenvalue weighted by atomic mass is 79.9. The van der Waals surface area contributed by atoms with Gasteiger partial charge >= 0.3 is 0 Å². The number of hydrogen-bond donors (Lipinski definition) is 3. The first-order chi connectivity index (χ1) is 9.11. The first kappa shape index (κ1) is 14.3. The summed E-state index contributed by atoms with van der Waals surface area (Å²) >= 11 is 3.33. The van der Waals surface area contributed by atoms with E-state index in [1.54, 1.807) is 18.2 Å². The highest BCUT2D eigenvalue weighted by Gasteiger charge is 2.30. The van der Waals surface area contributed by atoms with Gasteiger partial charge in [0.1, 0.15) is 5.75 Å². The Hall–Kier alpha value is -1.07. The molecule has 0 bridgehead atoms. The second-order valence-corrected chi connectivity index (χ2v) is 5.95. The first-order valence-corrected chi connectivity index (χ1v) is 7.40. The van der Waals surface area contributed by atoms with Gasteiger partial charge in [0.05, 0.1) is 5.69 Å². The van der Waals surface area contributed by atoms with Crippen molar-refractivity contribution in [3.05, 3.63) is 22.7 Å². The SMILES string of the molecule is NCC1CCCCC1C(=O)Nc1cc(Br)ccc1O. The molecule has 1 saturated carbocycles. The van der Waals surface area contributed by atoms with E-state index in [1.807, 2.05) is 0 Å². The van der Waals surface area contributed by atoms with Crippen molar-refractivity contribution >= 4 is 27.5 Å². The lowest BCUT2D eigenvalue weighted by Gasteiger charge is -2.29. The summed E-state index contributed by atoms with van der Waals surface area (Å²) in [6, 6.07) is 4.99. The Morgan fingerprint density at radius 2 is 2.16 bits per heavy atom. The number of anilines is 1. The summed E-state index contributed by atoms with van der Waals surface area (Å²) < 4.78 is 0.819. The number of halogens is 1. The number of phenols is 1. The van der Waals surface area contributed by atoms with E-state index in [2.05, 4.69) is 21.2 Å². The number of phenolic OH excluding ortho intramolecular Hbond substituents is 1. The Morgan fingerprint density at radius 3 is 2.89 bits per heavy atom. The van der Waals surface area contributed by atoms with Crippen LogP contribution in [0.2, 0.25) is 0 Å². The molecule has 19 heavy (non-hydrogen) atoms. The van der Waals surface area contributed by atoms with Gasteiger partial charge < -0.3 is 16.2 Å². The number of aromatic hydroxyl groups is 1. The average molecular weight is 327 g/mol. The van der Waals surface area contributed by atoms with E-state index < -0.39 is 0 Å². The molecule has 0 aromatic heterocycles. The van der Waals surface area contributed by atoms with Crippen LogP contribution in [0.1, 0.15) is 25.7 Å². The maximum atomic E-state index is 12.3. The minimum Gasteiger partial charge on any atom is -0.506 e. The van der Waals surface area contributed by atoms with Crippen molar-refractivity contribution in [2.75, 3.05) is 11.9 Å². The second kappa shape index (κ2) is 6.39. The third-order valence-electron chi connectivity index (χ3n) is 3.77. The smallest absolute Gasteiger partial charge is 0.227 e. The lowest BCUT2D eigenvalue weighted by Crippen LogP contribution is -2.35. The number of rotatable bonds is 3. The predicted molar refractivity (Wildman–Crippen MR) is 78.9 cm³/mol. The first-order valence-electron chi connectivity index (χ1n) is 6.61. The number of amides is 1. The minimum absolute atomic E-state index is 0.0384. The van der Waals surface area contributed by atoms with Crippen molar-refractivity contribution < 1.29 is 9.90 Å². The van der Waals surface area contributed by atoms with Crippen LogP contribution in [0, 0.1) is 11.8 Å². The molecule has 0 aliphatic heterocycles. The van der Waals surface area contributed by atoms with E-state index in [-0.39, 0.29) is 23.5 Å². The normalized spacial score (nSPS) is 23.1. The molecule has 2 unspecified atom stereocenters. The summed E-state index contributed by atoms with van der Waals surface area (Å²) in [5.74, 6) is 0.250. The Labute approximate surface area is 121 Å². The van der Waals surface area contributed by atoms with Gasteiger partial charge in [0.15, 0.2) is 0 Å². The van der Waals surface area contributed by atoms with Gasteiger partial charge in [0, 0.05) is 10.4 Å². The van der Waals surface area contributed by atoms with Crippen LogP contribution in [0.5, 0.6) is 5.75 Å². The summed E-state index contributed by atoms with van der Waals surface area (Å²) in [7, 11) is 0. The minimum atomic E-state index is -0.0443. The quantitative estimate of drug-likeness (QED) is 0.747. The molecule has 0 heterocycles. The molecule has 1 aromatic carbocycles. The molecule has 1 aliphatic rings. The Morgan fingerprint density at radius 1 is 1.42 bits per heavy atom. The fourth-order valence-corrected chi connectivity index (χ4v) is 3.03. The van der Waals surface area contributed by atoms with Gasteiger partial charge in [-0.15, -0.1) is 0 Å². The molecule has 2 rings (SSSR count). The largest absolute Gasteiger partial charge is 0.506 e. The molecule has 1 fully saturated rings. The molecule has 4 nitrogen and oxygen atoms in total. The predicted octanol–water partition coefficient (Wildman–Crippen LogP) is 2.86. The molecule has 1 aromatic rings. The lowest BCUT2D eigenvalue weighted by molar-refractivity contribution is -0.122. The third-order valence-corrected chi connectivity index (χ3v) is 4.26. The fourth-order valence-electron chi connectivity index (χ4n) is 2.67. The van der Waals surface area contributed by atoms with Crippen molar-refractivity contribution in [1.82, 2.24) is 0 Å². The molecule has 1 amide bonds.